The number of likely N-dealkylation sites (N-methyl/N-ethyl adjacent to an activating group) is 1. The SMILES string of the molecule is CCN(CC)CCNS(=O)(=O)c1cc([N+](=O)[O-])c(NC)s1. The van der Waals surface area contributed by atoms with Crippen molar-refractivity contribution in [1.82, 2.24) is 9.62 Å². The summed E-state index contributed by atoms with van der Waals surface area (Å²) in [7, 11) is -2.20. The molecule has 0 spiro atoms. The van der Waals surface area contributed by atoms with Crippen molar-refractivity contribution in [2.75, 3.05) is 38.5 Å². The molecule has 0 fully saturated rings. The molecule has 2 N–H and O–H groups in total. The number of hydrogen-bond donors (Lipinski definition) is 2. The molecule has 0 radical (unpaired) electrons. The summed E-state index contributed by atoms with van der Waals surface area (Å²) in [5.74, 6) is 0. The van der Waals surface area contributed by atoms with Crippen LogP contribution in [0.1, 0.15) is 13.8 Å². The van der Waals surface area contributed by atoms with Gasteiger partial charge in [-0.1, -0.05) is 25.2 Å². The fraction of sp³-hybridized carbons (Fsp3) is 0.636. The van der Waals surface area contributed by atoms with E-state index in [2.05, 4.69) is 14.9 Å². The van der Waals surface area contributed by atoms with Crippen LogP contribution in [0.25, 0.3) is 0 Å². The molecular weight excluding hydrogens is 316 g/mol. The molecule has 0 aliphatic rings. The first-order valence-electron chi connectivity index (χ1n) is 6.53. The number of nitrogens with one attached hydrogen (secondary N) is 2. The van der Waals surface area contributed by atoms with Crippen LogP contribution in [0.5, 0.6) is 0 Å². The highest BCUT2D eigenvalue weighted by atomic mass is 32.2. The molecule has 1 aromatic rings. The quantitative estimate of drug-likeness (QED) is 0.520. The van der Waals surface area contributed by atoms with Gasteiger partial charge in [0.15, 0.2) is 5.00 Å². The first-order valence-corrected chi connectivity index (χ1v) is 8.83. The molecule has 0 atom stereocenters. The van der Waals surface area contributed by atoms with Crippen LogP contribution in [0.4, 0.5) is 10.7 Å². The second kappa shape index (κ2) is 7.69. The van der Waals surface area contributed by atoms with Crippen molar-refractivity contribution in [2.45, 2.75) is 18.1 Å². The van der Waals surface area contributed by atoms with E-state index in [1.54, 1.807) is 0 Å². The third-order valence-electron chi connectivity index (χ3n) is 2.99. The number of thiophene rings is 1. The second-order valence-corrected chi connectivity index (χ2v) is 7.26. The van der Waals surface area contributed by atoms with Crippen molar-refractivity contribution < 1.29 is 13.3 Å². The van der Waals surface area contributed by atoms with Crippen LogP contribution in [-0.4, -0.2) is 51.5 Å². The van der Waals surface area contributed by atoms with E-state index in [9.17, 15) is 18.5 Å². The molecule has 0 aliphatic heterocycles. The molecule has 8 nitrogen and oxygen atoms in total. The molecule has 0 aromatic carbocycles. The summed E-state index contributed by atoms with van der Waals surface area (Å²) in [6, 6.07) is 1.08. The molecule has 21 heavy (non-hydrogen) atoms. The van der Waals surface area contributed by atoms with Crippen LogP contribution < -0.4 is 10.0 Å². The summed E-state index contributed by atoms with van der Waals surface area (Å²) in [5.41, 5.74) is -0.230. The summed E-state index contributed by atoms with van der Waals surface area (Å²) >= 11 is 0.848. The largest absolute Gasteiger partial charge is 0.374 e. The van der Waals surface area contributed by atoms with E-state index in [4.69, 9.17) is 0 Å². The summed E-state index contributed by atoms with van der Waals surface area (Å²) < 4.78 is 26.7. The number of anilines is 1. The average Bonchev–Trinajstić information content (AvgIpc) is 2.89. The van der Waals surface area contributed by atoms with Crippen LogP contribution in [0.2, 0.25) is 0 Å². The maximum absolute atomic E-state index is 12.1. The van der Waals surface area contributed by atoms with Crippen LogP contribution in [0, 0.1) is 10.1 Å². The minimum absolute atomic E-state index is 0.0573. The molecule has 0 amide bonds. The topological polar surface area (TPSA) is 105 Å². The Morgan fingerprint density at radius 1 is 1.38 bits per heavy atom. The highest BCUT2D eigenvalue weighted by molar-refractivity contribution is 7.91. The lowest BCUT2D eigenvalue weighted by molar-refractivity contribution is -0.383. The Balaban J connectivity index is 2.81. The van der Waals surface area contributed by atoms with Gasteiger partial charge in [0.05, 0.1) is 4.92 Å². The zero-order valence-corrected chi connectivity index (χ0v) is 13.9. The van der Waals surface area contributed by atoms with E-state index in [-0.39, 0.29) is 21.4 Å². The summed E-state index contributed by atoms with van der Waals surface area (Å²) in [6.07, 6.45) is 0. The Bertz CT molecular complexity index is 581. The van der Waals surface area contributed by atoms with E-state index in [0.29, 0.717) is 6.54 Å². The third kappa shape index (κ3) is 4.63. The number of sulfonamides is 1. The van der Waals surface area contributed by atoms with Gasteiger partial charge in [0.1, 0.15) is 4.21 Å². The van der Waals surface area contributed by atoms with E-state index in [0.717, 1.165) is 30.5 Å². The van der Waals surface area contributed by atoms with Crippen LogP contribution >= 0.6 is 11.3 Å². The summed E-state index contributed by atoms with van der Waals surface area (Å²) in [5, 5.41) is 13.7. The zero-order chi connectivity index (χ0) is 16.0. The van der Waals surface area contributed by atoms with Gasteiger partial charge < -0.3 is 10.2 Å². The van der Waals surface area contributed by atoms with Gasteiger partial charge in [0, 0.05) is 26.2 Å². The summed E-state index contributed by atoms with van der Waals surface area (Å²) in [4.78, 5) is 12.3. The van der Waals surface area contributed by atoms with E-state index in [1.165, 1.54) is 7.05 Å². The maximum atomic E-state index is 12.1. The molecule has 1 rings (SSSR count). The maximum Gasteiger partial charge on any atom is 0.304 e. The van der Waals surface area contributed by atoms with Gasteiger partial charge in [-0.3, -0.25) is 10.1 Å². The smallest absolute Gasteiger partial charge is 0.304 e. The Hall–Kier alpha value is -1.23. The van der Waals surface area contributed by atoms with Gasteiger partial charge in [-0.25, -0.2) is 13.1 Å². The number of hydrogen-bond acceptors (Lipinski definition) is 7. The number of nitrogens with zero attached hydrogens (tertiary/aromatic N) is 2. The molecular formula is C11H20N4O4S2. The Kier molecular flexibility index (Phi) is 6.52. The standard InChI is InChI=1S/C11H20N4O4S2/c1-4-14(5-2)7-6-13-21(18,19)10-8-9(15(16)17)11(12-3)20-10/h8,12-13H,4-7H2,1-3H3. The van der Waals surface area contributed by atoms with Crippen molar-refractivity contribution in [3.05, 3.63) is 16.2 Å². The van der Waals surface area contributed by atoms with Crippen molar-refractivity contribution in [3.63, 3.8) is 0 Å². The van der Waals surface area contributed by atoms with Crippen molar-refractivity contribution in [3.8, 4) is 0 Å². The molecule has 0 unspecified atom stereocenters. The van der Waals surface area contributed by atoms with Crippen molar-refractivity contribution in [1.29, 1.82) is 0 Å². The van der Waals surface area contributed by atoms with E-state index >= 15 is 0 Å². The first kappa shape index (κ1) is 17.8. The van der Waals surface area contributed by atoms with Gasteiger partial charge in [0.25, 0.3) is 0 Å². The van der Waals surface area contributed by atoms with Crippen molar-refractivity contribution >= 4 is 32.0 Å². The molecule has 0 saturated heterocycles. The predicted octanol–water partition coefficient (Wildman–Crippen LogP) is 1.32. The predicted molar refractivity (Wildman–Crippen MR) is 83.5 cm³/mol. The Morgan fingerprint density at radius 3 is 2.43 bits per heavy atom. The molecule has 0 bridgehead atoms. The molecule has 120 valence electrons. The Morgan fingerprint density at radius 2 is 2.00 bits per heavy atom. The molecule has 1 heterocycles. The monoisotopic (exact) mass is 336 g/mol. The average molecular weight is 336 g/mol. The van der Waals surface area contributed by atoms with Gasteiger partial charge in [-0.15, -0.1) is 0 Å². The molecule has 0 saturated carbocycles. The van der Waals surface area contributed by atoms with Gasteiger partial charge in [-0.2, -0.15) is 0 Å². The number of nitro groups is 1. The third-order valence-corrected chi connectivity index (χ3v) is 6.07. The fourth-order valence-corrected chi connectivity index (χ4v) is 4.10. The van der Waals surface area contributed by atoms with E-state index in [1.807, 2.05) is 13.8 Å². The Labute approximate surface area is 128 Å². The highest BCUT2D eigenvalue weighted by Gasteiger charge is 2.25. The minimum Gasteiger partial charge on any atom is -0.374 e. The molecule has 1 aromatic heterocycles. The van der Waals surface area contributed by atoms with Gasteiger partial charge >= 0.3 is 5.69 Å². The minimum atomic E-state index is -3.72. The van der Waals surface area contributed by atoms with Crippen LogP contribution in [0.3, 0.4) is 0 Å². The first-order chi connectivity index (χ1) is 9.85. The van der Waals surface area contributed by atoms with Gasteiger partial charge in [0.2, 0.25) is 10.0 Å². The van der Waals surface area contributed by atoms with Gasteiger partial charge in [-0.05, 0) is 13.1 Å². The lowest BCUT2D eigenvalue weighted by Gasteiger charge is -2.17. The van der Waals surface area contributed by atoms with Crippen LogP contribution in [-0.2, 0) is 10.0 Å². The lowest BCUT2D eigenvalue weighted by atomic mass is 10.5. The normalized spacial score (nSPS) is 11.8. The number of rotatable bonds is 9. The van der Waals surface area contributed by atoms with Crippen molar-refractivity contribution in [2.24, 2.45) is 0 Å². The fourth-order valence-electron chi connectivity index (χ4n) is 1.76. The zero-order valence-electron chi connectivity index (χ0n) is 12.2. The van der Waals surface area contributed by atoms with E-state index < -0.39 is 14.9 Å². The molecule has 10 heteroatoms. The lowest BCUT2D eigenvalue weighted by Crippen LogP contribution is -2.34. The highest BCUT2D eigenvalue weighted by Crippen LogP contribution is 2.36. The molecule has 0 aliphatic carbocycles. The second-order valence-electron chi connectivity index (χ2n) is 4.21. The van der Waals surface area contributed by atoms with Crippen LogP contribution in [0.15, 0.2) is 10.3 Å². The summed E-state index contributed by atoms with van der Waals surface area (Å²) in [6.45, 7) is 6.54.